The maximum atomic E-state index is 5.36. The Hall–Kier alpha value is -0.960. The van der Waals surface area contributed by atoms with Gasteiger partial charge in [-0.25, -0.2) is 0 Å². The lowest BCUT2D eigenvalue weighted by molar-refractivity contribution is 1.03. The lowest BCUT2D eigenvalue weighted by atomic mass is 10.1. The predicted octanol–water partition coefficient (Wildman–Crippen LogP) is 1.30. The monoisotopic (exact) mass is 166 g/mol. The van der Waals surface area contributed by atoms with Gasteiger partial charge < -0.3 is 5.73 Å². The molecule has 1 heterocycles. The molecule has 0 saturated carbocycles. The van der Waals surface area contributed by atoms with E-state index in [0.717, 1.165) is 12.8 Å². The van der Waals surface area contributed by atoms with Crippen molar-refractivity contribution in [1.29, 1.82) is 0 Å². The van der Waals surface area contributed by atoms with Gasteiger partial charge in [0.15, 0.2) is 0 Å². The molecule has 0 unspecified atom stereocenters. The summed E-state index contributed by atoms with van der Waals surface area (Å²) >= 11 is 4.76. The zero-order valence-electron chi connectivity index (χ0n) is 6.16. The number of nitrogens with two attached hydrogens (primary N) is 1. The number of pyridine rings is 1. The van der Waals surface area contributed by atoms with E-state index in [1.54, 1.807) is 12.4 Å². The van der Waals surface area contributed by atoms with Crippen LogP contribution >= 0.6 is 12.2 Å². The molecular weight excluding hydrogens is 156 g/mol. The fraction of sp³-hybridized carbons (Fsp3) is 0.250. The van der Waals surface area contributed by atoms with Crippen LogP contribution < -0.4 is 5.73 Å². The van der Waals surface area contributed by atoms with Crippen molar-refractivity contribution in [2.45, 2.75) is 12.8 Å². The molecule has 0 amide bonds. The number of aryl methyl sites for hydroxylation is 1. The van der Waals surface area contributed by atoms with Gasteiger partial charge in [0.2, 0.25) is 0 Å². The molecule has 58 valence electrons. The van der Waals surface area contributed by atoms with Crippen LogP contribution in [0.3, 0.4) is 0 Å². The van der Waals surface area contributed by atoms with Crippen LogP contribution in [-0.4, -0.2) is 9.97 Å². The van der Waals surface area contributed by atoms with Crippen LogP contribution in [-0.2, 0) is 6.42 Å². The normalized spacial score (nSPS) is 9.45. The van der Waals surface area contributed by atoms with Crippen LogP contribution in [0.15, 0.2) is 24.5 Å². The minimum Gasteiger partial charge on any atom is -0.393 e. The van der Waals surface area contributed by atoms with Gasteiger partial charge in [0.05, 0.1) is 4.99 Å². The molecule has 0 saturated heterocycles. The number of hydrogen-bond acceptors (Lipinski definition) is 2. The summed E-state index contributed by atoms with van der Waals surface area (Å²) < 4.78 is 0. The van der Waals surface area contributed by atoms with Crippen molar-refractivity contribution in [3.05, 3.63) is 30.1 Å². The zero-order valence-corrected chi connectivity index (χ0v) is 6.97. The highest BCUT2D eigenvalue weighted by atomic mass is 32.1. The molecule has 0 fully saturated rings. The van der Waals surface area contributed by atoms with Crippen LogP contribution in [0.5, 0.6) is 0 Å². The molecular formula is C8H10N2S. The Morgan fingerprint density at radius 2 is 2.09 bits per heavy atom. The summed E-state index contributed by atoms with van der Waals surface area (Å²) in [6.45, 7) is 0. The van der Waals surface area contributed by atoms with Gasteiger partial charge in [-0.2, -0.15) is 0 Å². The average molecular weight is 166 g/mol. The first-order valence-corrected chi connectivity index (χ1v) is 3.87. The summed E-state index contributed by atoms with van der Waals surface area (Å²) in [4.78, 5) is 4.48. The Morgan fingerprint density at radius 1 is 1.45 bits per heavy atom. The summed E-state index contributed by atoms with van der Waals surface area (Å²) in [6, 6.07) is 3.94. The van der Waals surface area contributed by atoms with E-state index in [1.165, 1.54) is 5.56 Å². The van der Waals surface area contributed by atoms with Crippen LogP contribution in [0.1, 0.15) is 12.0 Å². The molecule has 0 atom stereocenters. The maximum Gasteiger partial charge on any atom is 0.0730 e. The SMILES string of the molecule is NC(=S)CCc1ccncc1. The van der Waals surface area contributed by atoms with E-state index in [-0.39, 0.29) is 0 Å². The first-order valence-electron chi connectivity index (χ1n) is 3.46. The second-order valence-electron chi connectivity index (χ2n) is 2.32. The summed E-state index contributed by atoms with van der Waals surface area (Å²) in [5, 5.41) is 0. The van der Waals surface area contributed by atoms with E-state index in [9.17, 15) is 0 Å². The quantitative estimate of drug-likeness (QED) is 0.688. The number of rotatable bonds is 3. The molecule has 1 aromatic heterocycles. The Bertz CT molecular complexity index is 233. The van der Waals surface area contributed by atoms with E-state index < -0.39 is 0 Å². The van der Waals surface area contributed by atoms with Gasteiger partial charge in [-0.3, -0.25) is 4.98 Å². The predicted molar refractivity (Wildman–Crippen MR) is 49.3 cm³/mol. The minimum absolute atomic E-state index is 0.571. The lowest BCUT2D eigenvalue weighted by Gasteiger charge is -1.97. The van der Waals surface area contributed by atoms with Crippen LogP contribution in [0.2, 0.25) is 0 Å². The molecule has 2 N–H and O–H groups in total. The molecule has 0 aliphatic heterocycles. The van der Waals surface area contributed by atoms with Gasteiger partial charge in [-0.05, 0) is 24.1 Å². The molecule has 0 aliphatic rings. The van der Waals surface area contributed by atoms with Crippen molar-refractivity contribution in [2.24, 2.45) is 5.73 Å². The number of hydrogen-bond donors (Lipinski definition) is 1. The van der Waals surface area contributed by atoms with E-state index in [2.05, 4.69) is 4.98 Å². The van der Waals surface area contributed by atoms with Crippen molar-refractivity contribution < 1.29 is 0 Å². The van der Waals surface area contributed by atoms with Crippen molar-refractivity contribution >= 4 is 17.2 Å². The van der Waals surface area contributed by atoms with E-state index in [4.69, 9.17) is 18.0 Å². The highest BCUT2D eigenvalue weighted by Gasteiger charge is 1.92. The van der Waals surface area contributed by atoms with Gasteiger partial charge in [0.25, 0.3) is 0 Å². The first-order chi connectivity index (χ1) is 5.29. The molecule has 0 spiro atoms. The van der Waals surface area contributed by atoms with Crippen LogP contribution in [0, 0.1) is 0 Å². The van der Waals surface area contributed by atoms with Crippen molar-refractivity contribution in [2.75, 3.05) is 0 Å². The van der Waals surface area contributed by atoms with Gasteiger partial charge in [-0.1, -0.05) is 12.2 Å². The Balaban J connectivity index is 2.45. The second kappa shape index (κ2) is 4.03. The fourth-order valence-electron chi connectivity index (χ4n) is 0.817. The Kier molecular flexibility index (Phi) is 2.98. The summed E-state index contributed by atoms with van der Waals surface area (Å²) in [5.41, 5.74) is 6.59. The molecule has 0 aliphatic carbocycles. The van der Waals surface area contributed by atoms with Gasteiger partial charge >= 0.3 is 0 Å². The largest absolute Gasteiger partial charge is 0.393 e. The van der Waals surface area contributed by atoms with Crippen LogP contribution in [0.4, 0.5) is 0 Å². The third-order valence-corrected chi connectivity index (χ3v) is 1.61. The lowest BCUT2D eigenvalue weighted by Crippen LogP contribution is -2.08. The topological polar surface area (TPSA) is 38.9 Å². The van der Waals surface area contributed by atoms with Crippen LogP contribution in [0.25, 0.3) is 0 Å². The third kappa shape index (κ3) is 3.09. The maximum absolute atomic E-state index is 5.36. The van der Waals surface area contributed by atoms with Gasteiger partial charge in [0.1, 0.15) is 0 Å². The first kappa shape index (κ1) is 8.14. The molecule has 0 aromatic carbocycles. The van der Waals surface area contributed by atoms with Crippen molar-refractivity contribution in [3.63, 3.8) is 0 Å². The molecule has 1 rings (SSSR count). The van der Waals surface area contributed by atoms with E-state index in [1.807, 2.05) is 12.1 Å². The van der Waals surface area contributed by atoms with Gasteiger partial charge in [0, 0.05) is 18.8 Å². The smallest absolute Gasteiger partial charge is 0.0730 e. The fourth-order valence-corrected chi connectivity index (χ4v) is 0.919. The minimum atomic E-state index is 0.571. The zero-order chi connectivity index (χ0) is 8.10. The second-order valence-corrected chi connectivity index (χ2v) is 2.85. The molecule has 1 aromatic rings. The van der Waals surface area contributed by atoms with Crippen molar-refractivity contribution in [1.82, 2.24) is 4.98 Å². The van der Waals surface area contributed by atoms with Crippen molar-refractivity contribution in [3.8, 4) is 0 Å². The summed E-state index contributed by atoms with van der Waals surface area (Å²) in [5.74, 6) is 0. The Labute approximate surface area is 71.4 Å². The number of thiocarbonyl (C=S) groups is 1. The molecule has 11 heavy (non-hydrogen) atoms. The number of nitrogens with zero attached hydrogens (tertiary/aromatic N) is 1. The van der Waals surface area contributed by atoms with E-state index >= 15 is 0 Å². The highest BCUT2D eigenvalue weighted by Crippen LogP contribution is 1.99. The standard InChI is InChI=1S/C8H10N2S/c9-8(11)2-1-7-3-5-10-6-4-7/h3-6H,1-2H2,(H2,9,11). The molecule has 2 nitrogen and oxygen atoms in total. The summed E-state index contributed by atoms with van der Waals surface area (Å²) in [7, 11) is 0. The van der Waals surface area contributed by atoms with E-state index in [0.29, 0.717) is 4.99 Å². The Morgan fingerprint density at radius 3 is 2.64 bits per heavy atom. The highest BCUT2D eigenvalue weighted by molar-refractivity contribution is 7.80. The third-order valence-electron chi connectivity index (χ3n) is 1.41. The summed E-state index contributed by atoms with van der Waals surface area (Å²) in [6.07, 6.45) is 5.24. The van der Waals surface area contributed by atoms with Gasteiger partial charge in [-0.15, -0.1) is 0 Å². The average Bonchev–Trinajstić information content (AvgIpc) is 2.03. The number of aromatic nitrogens is 1. The molecule has 0 bridgehead atoms. The molecule has 0 radical (unpaired) electrons. The molecule has 3 heteroatoms.